The van der Waals surface area contributed by atoms with Crippen LogP contribution in [0.25, 0.3) is 0 Å². The van der Waals surface area contributed by atoms with Crippen molar-refractivity contribution in [2.24, 2.45) is 0 Å². The first-order valence-electron chi connectivity index (χ1n) is 7.18. The maximum atomic E-state index is 13.8. The van der Waals surface area contributed by atoms with Crippen molar-refractivity contribution in [1.82, 2.24) is 5.32 Å². The number of ether oxygens (including phenoxy) is 1. The molecule has 2 aromatic rings. The van der Waals surface area contributed by atoms with Gasteiger partial charge in [-0.15, -0.1) is 0 Å². The van der Waals surface area contributed by atoms with E-state index < -0.39 is 0 Å². The molecule has 0 radical (unpaired) electrons. The summed E-state index contributed by atoms with van der Waals surface area (Å²) in [6.07, 6.45) is 0. The zero-order valence-electron chi connectivity index (χ0n) is 13.0. The van der Waals surface area contributed by atoms with Gasteiger partial charge in [-0.2, -0.15) is 0 Å². The van der Waals surface area contributed by atoms with E-state index in [1.807, 2.05) is 25.1 Å². The Morgan fingerprint density at radius 1 is 1.05 bits per heavy atom. The Kier molecular flexibility index (Phi) is 4.97. The van der Waals surface area contributed by atoms with E-state index >= 15 is 0 Å². The van der Waals surface area contributed by atoms with Crippen molar-refractivity contribution in [3.8, 4) is 5.75 Å². The summed E-state index contributed by atoms with van der Waals surface area (Å²) in [7, 11) is 1.47. The second-order valence-electron chi connectivity index (χ2n) is 5.36. The van der Waals surface area contributed by atoms with Gasteiger partial charge in [0.2, 0.25) is 0 Å². The van der Waals surface area contributed by atoms with Crippen LogP contribution in [-0.2, 0) is 0 Å². The molecule has 21 heavy (non-hydrogen) atoms. The quantitative estimate of drug-likeness (QED) is 0.870. The van der Waals surface area contributed by atoms with Crippen LogP contribution in [0.5, 0.6) is 5.75 Å². The number of halogens is 1. The van der Waals surface area contributed by atoms with Gasteiger partial charge < -0.3 is 10.1 Å². The van der Waals surface area contributed by atoms with Gasteiger partial charge in [-0.3, -0.25) is 0 Å². The van der Waals surface area contributed by atoms with Crippen LogP contribution in [0.4, 0.5) is 4.39 Å². The fraction of sp³-hybridized carbons (Fsp3) is 0.333. The molecule has 0 aliphatic heterocycles. The lowest BCUT2D eigenvalue weighted by Crippen LogP contribution is -2.23. The molecular weight excluding hydrogens is 265 g/mol. The predicted molar refractivity (Wildman–Crippen MR) is 84.1 cm³/mol. The zero-order chi connectivity index (χ0) is 15.4. The first kappa shape index (κ1) is 15.5. The van der Waals surface area contributed by atoms with Crippen molar-refractivity contribution in [3.05, 3.63) is 65.0 Å². The fourth-order valence-corrected chi connectivity index (χ4v) is 2.59. The maximum Gasteiger partial charge on any atom is 0.165 e. The second kappa shape index (κ2) is 6.72. The summed E-state index contributed by atoms with van der Waals surface area (Å²) in [6, 6.07) is 13.6. The molecular formula is C18H22FNO. The number of nitrogens with one attached hydrogen (secondary N) is 1. The molecule has 0 aliphatic rings. The average molecular weight is 287 g/mol. The Hall–Kier alpha value is -1.87. The van der Waals surface area contributed by atoms with E-state index in [0.29, 0.717) is 0 Å². The van der Waals surface area contributed by atoms with Crippen LogP contribution in [0.3, 0.4) is 0 Å². The highest BCUT2D eigenvalue weighted by Gasteiger charge is 2.14. The highest BCUT2D eigenvalue weighted by atomic mass is 19.1. The Bertz CT molecular complexity index is 612. The number of aryl methyl sites for hydroxylation is 1. The van der Waals surface area contributed by atoms with Gasteiger partial charge in [0.15, 0.2) is 11.6 Å². The minimum Gasteiger partial charge on any atom is -0.494 e. The highest BCUT2D eigenvalue weighted by molar-refractivity contribution is 5.32. The van der Waals surface area contributed by atoms with Crippen LogP contribution in [0.2, 0.25) is 0 Å². The van der Waals surface area contributed by atoms with Crippen LogP contribution >= 0.6 is 0 Å². The van der Waals surface area contributed by atoms with Gasteiger partial charge in [0.1, 0.15) is 0 Å². The number of methoxy groups -OCH3 is 1. The molecule has 2 atom stereocenters. The van der Waals surface area contributed by atoms with E-state index in [-0.39, 0.29) is 23.7 Å². The monoisotopic (exact) mass is 287 g/mol. The smallest absolute Gasteiger partial charge is 0.165 e. The van der Waals surface area contributed by atoms with Gasteiger partial charge in [-0.1, -0.05) is 30.3 Å². The van der Waals surface area contributed by atoms with Crippen LogP contribution in [-0.4, -0.2) is 7.11 Å². The lowest BCUT2D eigenvalue weighted by Gasteiger charge is -2.22. The molecule has 0 saturated heterocycles. The first-order valence-corrected chi connectivity index (χ1v) is 7.18. The third-order valence-corrected chi connectivity index (χ3v) is 3.83. The predicted octanol–water partition coefficient (Wildman–Crippen LogP) is 4.55. The molecule has 1 N–H and O–H groups in total. The van der Waals surface area contributed by atoms with Gasteiger partial charge in [-0.05, 0) is 49.6 Å². The van der Waals surface area contributed by atoms with E-state index in [1.54, 1.807) is 6.07 Å². The minimum absolute atomic E-state index is 0.0556. The molecule has 2 nitrogen and oxygen atoms in total. The van der Waals surface area contributed by atoms with E-state index in [1.165, 1.54) is 24.3 Å². The molecule has 0 saturated carbocycles. The van der Waals surface area contributed by atoms with E-state index in [2.05, 4.69) is 31.3 Å². The summed E-state index contributed by atoms with van der Waals surface area (Å²) in [5.74, 6) is -0.0508. The van der Waals surface area contributed by atoms with Crippen LogP contribution in [0.15, 0.2) is 42.5 Å². The van der Waals surface area contributed by atoms with E-state index in [0.717, 1.165) is 5.56 Å². The Labute approximate surface area is 126 Å². The van der Waals surface area contributed by atoms with Gasteiger partial charge in [0.25, 0.3) is 0 Å². The van der Waals surface area contributed by atoms with Crippen molar-refractivity contribution in [2.75, 3.05) is 7.11 Å². The van der Waals surface area contributed by atoms with Gasteiger partial charge in [0, 0.05) is 12.1 Å². The second-order valence-corrected chi connectivity index (χ2v) is 5.36. The van der Waals surface area contributed by atoms with Crippen molar-refractivity contribution in [2.45, 2.75) is 32.9 Å². The molecule has 0 aliphatic carbocycles. The van der Waals surface area contributed by atoms with Crippen molar-refractivity contribution < 1.29 is 9.13 Å². The highest BCUT2D eigenvalue weighted by Crippen LogP contribution is 2.25. The molecule has 2 aromatic carbocycles. The van der Waals surface area contributed by atoms with Gasteiger partial charge >= 0.3 is 0 Å². The SMILES string of the molecule is COc1ccc(C(C)NC(C)c2ccccc2C)cc1F. The number of rotatable bonds is 5. The van der Waals surface area contributed by atoms with Crippen LogP contribution < -0.4 is 10.1 Å². The summed E-state index contributed by atoms with van der Waals surface area (Å²) in [6.45, 7) is 6.26. The maximum absolute atomic E-state index is 13.8. The largest absolute Gasteiger partial charge is 0.494 e. The molecule has 2 rings (SSSR count). The summed E-state index contributed by atoms with van der Waals surface area (Å²) >= 11 is 0. The normalized spacial score (nSPS) is 13.8. The molecule has 2 unspecified atom stereocenters. The van der Waals surface area contributed by atoms with Crippen LogP contribution in [0, 0.1) is 12.7 Å². The summed E-state index contributed by atoms with van der Waals surface area (Å²) < 4.78 is 18.7. The summed E-state index contributed by atoms with van der Waals surface area (Å²) in [5, 5.41) is 3.51. The summed E-state index contributed by atoms with van der Waals surface area (Å²) in [4.78, 5) is 0. The Morgan fingerprint density at radius 2 is 1.76 bits per heavy atom. The van der Waals surface area contributed by atoms with E-state index in [9.17, 15) is 4.39 Å². The lowest BCUT2D eigenvalue weighted by molar-refractivity contribution is 0.385. The fourth-order valence-electron chi connectivity index (χ4n) is 2.59. The molecule has 112 valence electrons. The third-order valence-electron chi connectivity index (χ3n) is 3.83. The molecule has 0 bridgehead atoms. The van der Waals surface area contributed by atoms with Crippen molar-refractivity contribution in [3.63, 3.8) is 0 Å². The molecule has 3 heteroatoms. The Balaban J connectivity index is 2.12. The van der Waals surface area contributed by atoms with Crippen molar-refractivity contribution >= 4 is 0 Å². The van der Waals surface area contributed by atoms with Crippen molar-refractivity contribution in [1.29, 1.82) is 0 Å². The standard InChI is InChI=1S/C18H22FNO/c1-12-7-5-6-8-16(12)14(3)20-13(2)15-9-10-18(21-4)17(19)11-15/h5-11,13-14,20H,1-4H3. The minimum atomic E-state index is -0.327. The number of hydrogen-bond acceptors (Lipinski definition) is 2. The van der Waals surface area contributed by atoms with Crippen LogP contribution in [0.1, 0.15) is 42.6 Å². The van der Waals surface area contributed by atoms with E-state index in [4.69, 9.17) is 4.74 Å². The average Bonchev–Trinajstić information content (AvgIpc) is 2.47. The first-order chi connectivity index (χ1) is 10.0. The number of hydrogen-bond donors (Lipinski definition) is 1. The molecule has 0 amide bonds. The molecule has 0 spiro atoms. The zero-order valence-corrected chi connectivity index (χ0v) is 13.0. The molecule has 0 heterocycles. The topological polar surface area (TPSA) is 21.3 Å². The molecule has 0 aromatic heterocycles. The van der Waals surface area contributed by atoms with Gasteiger partial charge in [-0.25, -0.2) is 4.39 Å². The summed E-state index contributed by atoms with van der Waals surface area (Å²) in [5.41, 5.74) is 3.43. The lowest BCUT2D eigenvalue weighted by atomic mass is 10.0. The number of benzene rings is 2. The molecule has 0 fully saturated rings. The van der Waals surface area contributed by atoms with Gasteiger partial charge in [0.05, 0.1) is 7.11 Å². The Morgan fingerprint density at radius 3 is 2.38 bits per heavy atom. The third kappa shape index (κ3) is 3.61.